The molecule has 0 bridgehead atoms. The number of fused-ring (bicyclic) bond motifs is 1. The molecule has 0 unspecified atom stereocenters. The van der Waals surface area contributed by atoms with E-state index < -0.39 is 5.97 Å². The Kier molecular flexibility index (Phi) is 2.93. The molecule has 0 saturated heterocycles. The lowest BCUT2D eigenvalue weighted by atomic mass is 10.1. The van der Waals surface area contributed by atoms with Crippen molar-refractivity contribution in [3.05, 3.63) is 39.0 Å². The van der Waals surface area contributed by atoms with Crippen molar-refractivity contribution >= 4 is 51.7 Å². The minimum atomic E-state index is -1.10. The van der Waals surface area contributed by atoms with Crippen LogP contribution in [0.1, 0.15) is 10.4 Å². The second-order valence-corrected chi connectivity index (χ2v) is 4.23. The second kappa shape index (κ2) is 4.09. The second-order valence-electron chi connectivity index (χ2n) is 3.04. The summed E-state index contributed by atoms with van der Waals surface area (Å²) in [7, 11) is 0. The third-order valence-electron chi connectivity index (χ3n) is 2.09. The highest BCUT2D eigenvalue weighted by Crippen LogP contribution is 2.36. The maximum Gasteiger partial charge on any atom is 0.336 e. The summed E-state index contributed by atoms with van der Waals surface area (Å²) in [6.07, 6.45) is 1.36. The summed E-state index contributed by atoms with van der Waals surface area (Å²) in [6, 6.07) is 2.79. The van der Waals surface area contributed by atoms with Crippen LogP contribution in [0.4, 0.5) is 0 Å². The predicted octanol–water partition coefficient (Wildman–Crippen LogP) is 3.89. The molecule has 0 fully saturated rings. The Bertz CT molecular complexity index is 598. The van der Waals surface area contributed by atoms with E-state index in [0.29, 0.717) is 5.52 Å². The summed E-state index contributed by atoms with van der Waals surface area (Å²) in [4.78, 5) is 15.0. The van der Waals surface area contributed by atoms with Crippen LogP contribution in [-0.4, -0.2) is 16.1 Å². The lowest BCUT2D eigenvalue weighted by Crippen LogP contribution is -1.99. The summed E-state index contributed by atoms with van der Waals surface area (Å²) in [5.74, 6) is -1.10. The molecule has 1 aromatic carbocycles. The number of benzene rings is 1. The minimum absolute atomic E-state index is 0.0272. The zero-order valence-corrected chi connectivity index (χ0v) is 9.94. The summed E-state index contributed by atoms with van der Waals surface area (Å²) < 4.78 is 0. The van der Waals surface area contributed by atoms with Crippen molar-refractivity contribution in [1.82, 2.24) is 4.98 Å². The maximum absolute atomic E-state index is 11.0. The zero-order chi connectivity index (χ0) is 11.9. The van der Waals surface area contributed by atoms with Gasteiger partial charge in [0.05, 0.1) is 26.1 Å². The molecule has 1 heterocycles. The molecule has 1 aromatic heterocycles. The van der Waals surface area contributed by atoms with E-state index in [0.717, 1.165) is 0 Å². The molecule has 0 amide bonds. The highest BCUT2D eigenvalue weighted by molar-refractivity contribution is 6.48. The van der Waals surface area contributed by atoms with E-state index in [-0.39, 0.29) is 26.0 Å². The summed E-state index contributed by atoms with van der Waals surface area (Å²) in [5.41, 5.74) is 0.357. The van der Waals surface area contributed by atoms with Crippen LogP contribution in [0.15, 0.2) is 18.3 Å². The van der Waals surface area contributed by atoms with E-state index in [2.05, 4.69) is 4.98 Å². The Hall–Kier alpha value is -1.03. The number of carboxylic acid groups (broad SMARTS) is 1. The Morgan fingerprint density at radius 2 is 1.94 bits per heavy atom. The van der Waals surface area contributed by atoms with Crippen LogP contribution in [0.3, 0.4) is 0 Å². The van der Waals surface area contributed by atoms with Gasteiger partial charge in [0, 0.05) is 11.6 Å². The first kappa shape index (κ1) is 11.5. The van der Waals surface area contributed by atoms with Gasteiger partial charge in [0.1, 0.15) is 0 Å². The number of carboxylic acids is 1. The van der Waals surface area contributed by atoms with Gasteiger partial charge in [-0.15, -0.1) is 0 Å². The minimum Gasteiger partial charge on any atom is -0.478 e. The Morgan fingerprint density at radius 1 is 1.25 bits per heavy atom. The molecule has 6 heteroatoms. The summed E-state index contributed by atoms with van der Waals surface area (Å²) in [6.45, 7) is 0. The van der Waals surface area contributed by atoms with Gasteiger partial charge in [-0.05, 0) is 12.1 Å². The molecule has 0 spiro atoms. The third kappa shape index (κ3) is 1.71. The zero-order valence-electron chi connectivity index (χ0n) is 7.67. The van der Waals surface area contributed by atoms with E-state index in [1.54, 1.807) is 0 Å². The number of aromatic carboxylic acids is 1. The van der Waals surface area contributed by atoms with Crippen LogP contribution in [0.2, 0.25) is 15.1 Å². The average molecular weight is 277 g/mol. The number of rotatable bonds is 1. The smallest absolute Gasteiger partial charge is 0.336 e. The van der Waals surface area contributed by atoms with Crippen LogP contribution in [0, 0.1) is 0 Å². The molecule has 0 aliphatic rings. The van der Waals surface area contributed by atoms with Gasteiger partial charge in [-0.25, -0.2) is 4.79 Å². The van der Waals surface area contributed by atoms with Crippen LogP contribution in [0.25, 0.3) is 10.9 Å². The van der Waals surface area contributed by atoms with Crippen molar-refractivity contribution in [2.24, 2.45) is 0 Å². The van der Waals surface area contributed by atoms with Gasteiger partial charge in [0.25, 0.3) is 0 Å². The maximum atomic E-state index is 11.0. The topological polar surface area (TPSA) is 50.2 Å². The quantitative estimate of drug-likeness (QED) is 0.804. The van der Waals surface area contributed by atoms with Crippen molar-refractivity contribution < 1.29 is 9.90 Å². The van der Waals surface area contributed by atoms with E-state index >= 15 is 0 Å². The van der Waals surface area contributed by atoms with Crippen molar-refractivity contribution in [2.75, 3.05) is 0 Å². The molecule has 2 rings (SSSR count). The fourth-order valence-corrected chi connectivity index (χ4v) is 2.16. The predicted molar refractivity (Wildman–Crippen MR) is 63.7 cm³/mol. The van der Waals surface area contributed by atoms with Crippen LogP contribution in [0.5, 0.6) is 0 Å². The molecule has 3 nitrogen and oxygen atoms in total. The number of aromatic nitrogens is 1. The van der Waals surface area contributed by atoms with Crippen LogP contribution >= 0.6 is 34.8 Å². The van der Waals surface area contributed by atoms with Gasteiger partial charge in [-0.3, -0.25) is 4.98 Å². The lowest BCUT2D eigenvalue weighted by Gasteiger charge is -2.07. The molecule has 0 atom stereocenters. The Labute approximate surface area is 106 Å². The first-order chi connectivity index (χ1) is 7.52. The largest absolute Gasteiger partial charge is 0.478 e. The number of hydrogen-bond acceptors (Lipinski definition) is 2. The first-order valence-corrected chi connectivity index (χ1v) is 5.31. The molecular formula is C10H4Cl3NO2. The van der Waals surface area contributed by atoms with Crippen LogP contribution < -0.4 is 0 Å². The van der Waals surface area contributed by atoms with Gasteiger partial charge >= 0.3 is 5.97 Å². The number of hydrogen-bond donors (Lipinski definition) is 1. The molecule has 1 N–H and O–H groups in total. The van der Waals surface area contributed by atoms with E-state index in [1.165, 1.54) is 18.3 Å². The molecule has 16 heavy (non-hydrogen) atoms. The molecule has 2 aromatic rings. The van der Waals surface area contributed by atoms with Crippen molar-refractivity contribution in [3.63, 3.8) is 0 Å². The van der Waals surface area contributed by atoms with Gasteiger partial charge in [-0.1, -0.05) is 34.8 Å². The normalized spacial score (nSPS) is 10.7. The van der Waals surface area contributed by atoms with Gasteiger partial charge in [0.2, 0.25) is 0 Å². The number of pyridine rings is 1. The fraction of sp³-hybridized carbons (Fsp3) is 0. The van der Waals surface area contributed by atoms with Gasteiger partial charge in [0.15, 0.2) is 0 Å². The molecule has 0 aliphatic heterocycles. The molecule has 0 radical (unpaired) electrons. The van der Waals surface area contributed by atoms with Gasteiger partial charge < -0.3 is 5.11 Å². The number of nitrogens with zero attached hydrogens (tertiary/aromatic N) is 1. The molecular weight excluding hydrogens is 272 g/mol. The van der Waals surface area contributed by atoms with E-state index in [4.69, 9.17) is 39.9 Å². The number of carbonyl (C=O) groups is 1. The summed E-state index contributed by atoms with van der Waals surface area (Å²) in [5, 5.41) is 9.89. The monoisotopic (exact) mass is 275 g/mol. The third-order valence-corrected chi connectivity index (χ3v) is 3.17. The number of halogens is 3. The lowest BCUT2D eigenvalue weighted by molar-refractivity contribution is 0.0699. The molecule has 0 saturated carbocycles. The first-order valence-electron chi connectivity index (χ1n) is 4.18. The van der Waals surface area contributed by atoms with Crippen molar-refractivity contribution in [2.45, 2.75) is 0 Å². The molecule has 82 valence electrons. The molecule has 0 aliphatic carbocycles. The van der Waals surface area contributed by atoms with Gasteiger partial charge in [-0.2, -0.15) is 0 Å². The van der Waals surface area contributed by atoms with Crippen LogP contribution in [-0.2, 0) is 0 Å². The Balaban J connectivity index is 3.01. The highest BCUT2D eigenvalue weighted by Gasteiger charge is 2.16. The average Bonchev–Trinajstić information content (AvgIpc) is 2.25. The Morgan fingerprint density at radius 3 is 2.56 bits per heavy atom. The van der Waals surface area contributed by atoms with E-state index in [1.807, 2.05) is 0 Å². The van der Waals surface area contributed by atoms with Crippen molar-refractivity contribution in [1.29, 1.82) is 0 Å². The highest BCUT2D eigenvalue weighted by atomic mass is 35.5. The SMILES string of the molecule is O=C(O)c1ccnc2c(Cl)cc(Cl)c(Cl)c12. The fourth-order valence-electron chi connectivity index (χ4n) is 1.41. The standard InChI is InChI=1S/C10H4Cl3NO2/c11-5-3-6(12)9-7(8(5)13)4(10(15)16)1-2-14-9/h1-3H,(H,15,16). The van der Waals surface area contributed by atoms with E-state index in [9.17, 15) is 4.79 Å². The summed E-state index contributed by atoms with van der Waals surface area (Å²) >= 11 is 17.7. The van der Waals surface area contributed by atoms with Crippen molar-refractivity contribution in [3.8, 4) is 0 Å².